The lowest BCUT2D eigenvalue weighted by atomic mass is 9.52. The number of unbranched alkanes of at least 4 members (excludes halogenated alkanes) is 4. The van der Waals surface area contributed by atoms with Crippen LogP contribution in [-0.2, 0) is 39.8 Å². The highest BCUT2D eigenvalue weighted by molar-refractivity contribution is 5.96. The van der Waals surface area contributed by atoms with Crippen LogP contribution in [0.15, 0.2) is 65.8 Å². The maximum absolute atomic E-state index is 14.6. The number of aliphatic hydroxyl groups excluding tert-OH is 1. The van der Waals surface area contributed by atoms with Crippen LogP contribution >= 0.6 is 0 Å². The van der Waals surface area contributed by atoms with Gasteiger partial charge in [-0.15, -0.1) is 0 Å². The summed E-state index contributed by atoms with van der Waals surface area (Å²) in [6, 6.07) is 14.0. The van der Waals surface area contributed by atoms with Gasteiger partial charge < -0.3 is 39.4 Å². The number of nitrogens with one attached hydrogen (secondary N) is 2. The van der Waals surface area contributed by atoms with Crippen LogP contribution in [0.3, 0.4) is 0 Å². The van der Waals surface area contributed by atoms with Gasteiger partial charge in [-0.05, 0) is 132 Å². The van der Waals surface area contributed by atoms with Crippen LogP contribution in [0.1, 0.15) is 190 Å². The lowest BCUT2D eigenvalue weighted by molar-refractivity contribution is -0.190. The normalized spacial score (nSPS) is 27.7. The molecule has 2 amide bonds. The van der Waals surface area contributed by atoms with Gasteiger partial charge in [-0.25, -0.2) is 4.79 Å². The van der Waals surface area contributed by atoms with Crippen molar-refractivity contribution in [2.24, 2.45) is 17.3 Å². The van der Waals surface area contributed by atoms with Crippen molar-refractivity contribution >= 4 is 29.8 Å². The van der Waals surface area contributed by atoms with E-state index in [9.17, 15) is 24.3 Å². The van der Waals surface area contributed by atoms with Crippen molar-refractivity contribution in [2.45, 2.75) is 212 Å². The number of rotatable bonds is 20. The van der Waals surface area contributed by atoms with Crippen LogP contribution in [-0.4, -0.2) is 82.9 Å². The van der Waals surface area contributed by atoms with E-state index < -0.39 is 53.6 Å². The van der Waals surface area contributed by atoms with Crippen LogP contribution in [0.5, 0.6) is 0 Å². The van der Waals surface area contributed by atoms with Gasteiger partial charge >= 0.3 is 11.9 Å². The molecule has 0 radical (unpaired) electrons. The lowest BCUT2D eigenvalue weighted by Crippen LogP contribution is -2.45. The Hall–Kier alpha value is -4.36. The second-order valence-electron chi connectivity index (χ2n) is 22.4. The van der Waals surface area contributed by atoms with Crippen molar-refractivity contribution in [2.75, 3.05) is 6.61 Å². The predicted molar refractivity (Wildman–Crippen MR) is 266 cm³/mol. The van der Waals surface area contributed by atoms with E-state index in [2.05, 4.69) is 51.3 Å². The molecule has 2 aromatic rings. The average Bonchev–Trinajstić information content (AvgIpc) is 3.79. The molecule has 12 heteroatoms. The summed E-state index contributed by atoms with van der Waals surface area (Å²) in [4.78, 5) is 54.4. The fourth-order valence-corrected chi connectivity index (χ4v) is 11.3. The zero-order valence-corrected chi connectivity index (χ0v) is 42.7. The number of amides is 2. The van der Waals surface area contributed by atoms with E-state index in [0.29, 0.717) is 46.9 Å². The average molecular weight is 953 g/mol. The van der Waals surface area contributed by atoms with Crippen LogP contribution in [0.4, 0.5) is 0 Å². The van der Waals surface area contributed by atoms with Crippen molar-refractivity contribution in [3.8, 4) is 0 Å². The molecule has 8 unspecified atom stereocenters. The SMILES string of the molecule is CCCCCC1(CCCCC)OC2C=C(C(=O)NCc3cccc(C(=O)NC(CO)CCC(=O)OC(C)(C)C)c3)CC(OC(=O)c3ccccc3C=C3CCC4OC4(C)CCC4C3CC4(C)C)C2O1. The van der Waals surface area contributed by atoms with Crippen LogP contribution in [0.25, 0.3) is 6.08 Å². The molecule has 7 rings (SSSR count). The second-order valence-corrected chi connectivity index (χ2v) is 22.4. The highest BCUT2D eigenvalue weighted by atomic mass is 16.8. The van der Waals surface area contributed by atoms with Gasteiger partial charge in [0.2, 0.25) is 5.91 Å². The summed E-state index contributed by atoms with van der Waals surface area (Å²) in [5, 5.41) is 15.8. The van der Waals surface area contributed by atoms with Crippen molar-refractivity contribution in [3.63, 3.8) is 0 Å². The topological polar surface area (TPSA) is 162 Å². The third kappa shape index (κ3) is 13.3. The van der Waals surface area contributed by atoms with Crippen molar-refractivity contribution < 1.29 is 48.0 Å². The first-order valence-electron chi connectivity index (χ1n) is 26.1. The molecule has 2 heterocycles. The molecule has 4 fully saturated rings. The zero-order chi connectivity index (χ0) is 49.6. The fourth-order valence-electron chi connectivity index (χ4n) is 11.3. The number of allylic oxidation sites excluding steroid dienone is 1. The van der Waals surface area contributed by atoms with Gasteiger partial charge in [0.05, 0.1) is 29.9 Å². The van der Waals surface area contributed by atoms with Crippen molar-refractivity contribution in [3.05, 3.63) is 88.0 Å². The molecule has 2 aromatic carbocycles. The molecule has 0 aromatic heterocycles. The number of fused-ring (bicyclic) bond motifs is 3. The molecule has 0 spiro atoms. The zero-order valence-electron chi connectivity index (χ0n) is 42.7. The lowest BCUT2D eigenvalue weighted by Gasteiger charge is -2.53. The van der Waals surface area contributed by atoms with Crippen molar-refractivity contribution in [1.82, 2.24) is 10.6 Å². The molecular weight excluding hydrogens is 873 g/mol. The molecule has 8 atom stereocenters. The Morgan fingerprint density at radius 3 is 2.35 bits per heavy atom. The first-order valence-corrected chi connectivity index (χ1v) is 26.1. The van der Waals surface area contributed by atoms with Crippen molar-refractivity contribution in [1.29, 1.82) is 0 Å². The molecule has 3 N–H and O–H groups in total. The summed E-state index contributed by atoms with van der Waals surface area (Å²) in [5.74, 6) is -1.43. The van der Waals surface area contributed by atoms with Crippen LogP contribution < -0.4 is 10.6 Å². The van der Waals surface area contributed by atoms with E-state index >= 15 is 0 Å². The van der Waals surface area contributed by atoms with E-state index in [0.717, 1.165) is 76.2 Å². The molecule has 69 heavy (non-hydrogen) atoms. The third-order valence-electron chi connectivity index (χ3n) is 15.3. The molecule has 3 aliphatic carbocycles. The van der Waals surface area contributed by atoms with E-state index in [1.165, 1.54) is 5.57 Å². The maximum Gasteiger partial charge on any atom is 0.339 e. The van der Waals surface area contributed by atoms with Gasteiger partial charge in [0, 0.05) is 43.4 Å². The first-order chi connectivity index (χ1) is 32.8. The Morgan fingerprint density at radius 1 is 0.913 bits per heavy atom. The molecule has 378 valence electrons. The first kappa shape index (κ1) is 52.5. The summed E-state index contributed by atoms with van der Waals surface area (Å²) >= 11 is 0. The quantitative estimate of drug-likeness (QED) is 0.0662. The molecule has 2 saturated carbocycles. The Morgan fingerprint density at radius 2 is 1.65 bits per heavy atom. The summed E-state index contributed by atoms with van der Waals surface area (Å²) in [5.41, 5.74) is 3.78. The predicted octanol–water partition coefficient (Wildman–Crippen LogP) is 10.5. The number of esters is 2. The third-order valence-corrected chi connectivity index (χ3v) is 15.3. The number of benzene rings is 2. The van der Waals surface area contributed by atoms with Gasteiger partial charge in [-0.3, -0.25) is 14.4 Å². The van der Waals surface area contributed by atoms with E-state index in [1.54, 1.807) is 39.0 Å². The Kier molecular flexibility index (Phi) is 17.0. The molecule has 5 aliphatic rings. The summed E-state index contributed by atoms with van der Waals surface area (Å²) in [6.45, 7) is 16.5. The molecule has 12 nitrogen and oxygen atoms in total. The smallest absolute Gasteiger partial charge is 0.339 e. The minimum absolute atomic E-state index is 0.0207. The number of hydrogen-bond donors (Lipinski definition) is 3. The molecule has 2 saturated heterocycles. The van der Waals surface area contributed by atoms with E-state index in [4.69, 9.17) is 23.7 Å². The van der Waals surface area contributed by atoms with Crippen LogP contribution in [0, 0.1) is 17.3 Å². The minimum Gasteiger partial charge on any atom is -0.460 e. The highest BCUT2D eigenvalue weighted by Crippen LogP contribution is 2.60. The molecule has 0 bridgehead atoms. The summed E-state index contributed by atoms with van der Waals surface area (Å²) < 4.78 is 32.0. The van der Waals surface area contributed by atoms with Gasteiger partial charge in [0.1, 0.15) is 23.9 Å². The van der Waals surface area contributed by atoms with Gasteiger partial charge in [-0.2, -0.15) is 0 Å². The van der Waals surface area contributed by atoms with E-state index in [-0.39, 0.29) is 55.4 Å². The maximum atomic E-state index is 14.6. The van der Waals surface area contributed by atoms with Gasteiger partial charge in [0.25, 0.3) is 5.91 Å². The number of hydrogen-bond acceptors (Lipinski definition) is 10. The van der Waals surface area contributed by atoms with Crippen LogP contribution in [0.2, 0.25) is 0 Å². The highest BCUT2D eigenvalue weighted by Gasteiger charge is 2.56. The Bertz CT molecular complexity index is 2200. The van der Waals surface area contributed by atoms with Gasteiger partial charge in [-0.1, -0.05) is 95.4 Å². The second kappa shape index (κ2) is 22.4. The minimum atomic E-state index is -0.855. The Balaban J connectivity index is 1.07. The molecular formula is C57H80N2O10. The number of epoxide rings is 1. The monoisotopic (exact) mass is 953 g/mol. The molecule has 2 aliphatic heterocycles. The van der Waals surface area contributed by atoms with Gasteiger partial charge in [0.15, 0.2) is 5.79 Å². The standard InChI is InChI=1S/C57H80N2O10/c1-9-11-15-27-57(28-16-12-10-2)66-47-33-41(51(62)58-35-37-18-17-20-40(30-37)52(63)59-42(36-60)23-25-49(61)68-54(3,4)5)32-46(50(47)69-57)65-53(64)43-21-14-13-19-38(43)31-39-22-24-48-56(8,67-48)29-26-45-44(39)34-55(45,6)7/h13-14,17-21,30-31,33,42,44-48,50,60H,9-12,15-16,22-29,32,34-36H2,1-8H3,(H,58,62)(H,59,63). The number of ether oxygens (including phenoxy) is 5. The largest absolute Gasteiger partial charge is 0.460 e. The van der Waals surface area contributed by atoms with E-state index in [1.807, 2.05) is 36.4 Å². The Labute approximate surface area is 411 Å². The number of carbonyl (C=O) groups is 4. The summed E-state index contributed by atoms with van der Waals surface area (Å²) in [6.07, 6.45) is 15.5. The fraction of sp³-hybridized carbons (Fsp3) is 0.649. The number of aliphatic hydroxyl groups is 1. The number of carbonyl (C=O) groups excluding carboxylic acids is 4. The summed E-state index contributed by atoms with van der Waals surface area (Å²) in [7, 11) is 0.